The number of halogens is 7. The van der Waals surface area contributed by atoms with Crippen molar-refractivity contribution in [2.45, 2.75) is 30.4 Å². The van der Waals surface area contributed by atoms with Crippen molar-refractivity contribution in [2.24, 2.45) is 23.7 Å². The number of aromatic nitrogens is 1. The minimum absolute atomic E-state index is 0.107. The second-order valence-corrected chi connectivity index (χ2v) is 15.7. The topological polar surface area (TPSA) is 120 Å². The van der Waals surface area contributed by atoms with Crippen LogP contribution >= 0.6 is 45.8 Å². The van der Waals surface area contributed by atoms with Crippen LogP contribution in [0.25, 0.3) is 0 Å². The Kier molecular flexibility index (Phi) is 8.80. The molecule has 1 saturated carbocycles. The van der Waals surface area contributed by atoms with Gasteiger partial charge in [0.25, 0.3) is 11.8 Å². The summed E-state index contributed by atoms with van der Waals surface area (Å²) in [6.07, 6.45) is -2.49. The standard InChI is InChI=1S/C38H25Cl2F4IN4O5/c39-20-4-2-18(3-5-20)37-26(34(52)49(36(37)54)47-32-27(40)14-19(16-46-32)38(42,43)44)15-25-23(31(37)17-1-12-29(50)28(41)13-17)10-11-24-30(25)35(53)48(33(24)51)22-8-6-21(45)7-9-22/h1-10,12-14,16,24-26,30-31,50H,11,15H2,(H,46,47)/t24-,25+,26-,30-,31-,37+/m0/s1. The van der Waals surface area contributed by atoms with Crippen LogP contribution in [0.4, 0.5) is 29.1 Å². The van der Waals surface area contributed by atoms with Gasteiger partial charge in [-0.25, -0.2) is 9.37 Å². The second-order valence-electron chi connectivity index (χ2n) is 13.6. The van der Waals surface area contributed by atoms with E-state index < -0.39 is 92.8 Å². The number of phenolic OH excluding ortho intramolecular Hbond substituents is 1. The van der Waals surface area contributed by atoms with Gasteiger partial charge in [-0.1, -0.05) is 53.1 Å². The molecule has 0 spiro atoms. The smallest absolute Gasteiger partial charge is 0.417 e. The van der Waals surface area contributed by atoms with Gasteiger partial charge in [0, 0.05) is 20.7 Å². The number of carbonyl (C=O) groups is 4. The molecule has 3 heterocycles. The molecule has 276 valence electrons. The number of alkyl halides is 3. The molecule has 0 radical (unpaired) electrons. The number of nitrogens with one attached hydrogen (secondary N) is 1. The molecule has 16 heteroatoms. The van der Waals surface area contributed by atoms with E-state index in [1.807, 2.05) is 0 Å². The Labute approximate surface area is 328 Å². The molecule has 4 amide bonds. The molecular weight excluding hydrogens is 866 g/mol. The molecule has 0 bridgehead atoms. The van der Waals surface area contributed by atoms with Gasteiger partial charge >= 0.3 is 6.18 Å². The molecule has 0 unspecified atom stereocenters. The number of hydrazine groups is 1. The van der Waals surface area contributed by atoms with Crippen LogP contribution in [-0.4, -0.2) is 38.7 Å². The van der Waals surface area contributed by atoms with Crippen molar-refractivity contribution >= 4 is 80.9 Å². The number of hydrogen-bond donors (Lipinski definition) is 2. The van der Waals surface area contributed by atoms with E-state index in [1.54, 1.807) is 42.5 Å². The van der Waals surface area contributed by atoms with Crippen LogP contribution in [0.2, 0.25) is 10.0 Å². The molecule has 8 rings (SSSR count). The number of amides is 4. The Hall–Kier alpha value is -4.54. The number of anilines is 2. The van der Waals surface area contributed by atoms with Crippen molar-refractivity contribution in [1.29, 1.82) is 0 Å². The van der Waals surface area contributed by atoms with Gasteiger partial charge in [0.1, 0.15) is 0 Å². The number of nitrogens with zero attached hydrogens (tertiary/aromatic N) is 3. The maximum atomic E-state index is 15.3. The van der Waals surface area contributed by atoms with Crippen molar-refractivity contribution in [3.63, 3.8) is 0 Å². The molecule has 6 atom stereocenters. The summed E-state index contributed by atoms with van der Waals surface area (Å²) in [6.45, 7) is 0. The Morgan fingerprint density at radius 1 is 0.907 bits per heavy atom. The average Bonchev–Trinajstić information content (AvgIpc) is 3.51. The summed E-state index contributed by atoms with van der Waals surface area (Å²) < 4.78 is 56.5. The Balaban J connectivity index is 1.31. The first-order valence-corrected chi connectivity index (χ1v) is 18.4. The van der Waals surface area contributed by atoms with Gasteiger partial charge in [-0.15, -0.1) is 0 Å². The van der Waals surface area contributed by atoms with E-state index in [0.29, 0.717) is 39.1 Å². The fourth-order valence-corrected chi connectivity index (χ4v) is 9.40. The predicted octanol–water partition coefficient (Wildman–Crippen LogP) is 8.05. The van der Waals surface area contributed by atoms with Crippen LogP contribution in [0.3, 0.4) is 0 Å². The third-order valence-corrected chi connectivity index (χ3v) is 12.2. The lowest BCUT2D eigenvalue weighted by Crippen LogP contribution is -2.53. The molecule has 1 aromatic heterocycles. The number of rotatable bonds is 5. The Morgan fingerprint density at radius 2 is 1.61 bits per heavy atom. The first-order valence-electron chi connectivity index (χ1n) is 16.6. The van der Waals surface area contributed by atoms with Crippen LogP contribution in [0, 0.1) is 33.1 Å². The highest BCUT2D eigenvalue weighted by Gasteiger charge is 2.70. The van der Waals surface area contributed by atoms with E-state index >= 15 is 9.18 Å². The van der Waals surface area contributed by atoms with Gasteiger partial charge in [-0.05, 0) is 107 Å². The fraction of sp³-hybridized carbons (Fsp3) is 0.237. The lowest BCUT2D eigenvalue weighted by atomic mass is 9.49. The van der Waals surface area contributed by atoms with E-state index in [9.17, 15) is 32.7 Å². The summed E-state index contributed by atoms with van der Waals surface area (Å²) in [6, 6.07) is 17.2. The maximum absolute atomic E-state index is 15.3. The average molecular weight is 891 g/mol. The lowest BCUT2D eigenvalue weighted by Gasteiger charge is -2.50. The first-order chi connectivity index (χ1) is 25.6. The summed E-state index contributed by atoms with van der Waals surface area (Å²) in [5.41, 5.74) is 0.948. The van der Waals surface area contributed by atoms with Gasteiger partial charge in [-0.3, -0.25) is 29.5 Å². The molecule has 54 heavy (non-hydrogen) atoms. The van der Waals surface area contributed by atoms with E-state index in [2.05, 4.69) is 33.0 Å². The summed E-state index contributed by atoms with van der Waals surface area (Å²) in [4.78, 5) is 63.2. The second kappa shape index (κ2) is 13.0. The molecule has 9 nitrogen and oxygen atoms in total. The summed E-state index contributed by atoms with van der Waals surface area (Å²) in [5.74, 6) is -9.58. The van der Waals surface area contributed by atoms with E-state index in [-0.39, 0.29) is 18.4 Å². The highest BCUT2D eigenvalue weighted by atomic mass is 127. The summed E-state index contributed by atoms with van der Waals surface area (Å²) in [5, 5.41) is 10.6. The van der Waals surface area contributed by atoms with Crippen molar-refractivity contribution in [1.82, 2.24) is 9.99 Å². The van der Waals surface area contributed by atoms with Crippen LogP contribution in [0.15, 0.2) is 90.6 Å². The molecule has 2 aliphatic heterocycles. The zero-order chi connectivity index (χ0) is 38.4. The van der Waals surface area contributed by atoms with Gasteiger partial charge < -0.3 is 5.11 Å². The zero-order valence-corrected chi connectivity index (χ0v) is 31.1. The summed E-state index contributed by atoms with van der Waals surface area (Å²) in [7, 11) is 0. The van der Waals surface area contributed by atoms with Crippen molar-refractivity contribution < 1.29 is 41.8 Å². The third kappa shape index (κ3) is 5.50. The van der Waals surface area contributed by atoms with Crippen molar-refractivity contribution in [3.05, 3.63) is 127 Å². The molecule has 2 saturated heterocycles. The normalized spacial score (nSPS) is 26.4. The number of benzene rings is 3. The number of pyridine rings is 1. The highest BCUT2D eigenvalue weighted by molar-refractivity contribution is 14.1. The van der Waals surface area contributed by atoms with E-state index in [4.69, 9.17) is 23.2 Å². The van der Waals surface area contributed by atoms with Gasteiger partial charge in [-0.2, -0.15) is 18.2 Å². The van der Waals surface area contributed by atoms with E-state index in [0.717, 1.165) is 20.6 Å². The zero-order valence-electron chi connectivity index (χ0n) is 27.5. The SMILES string of the molecule is O=C1[C@@H]2C[C@@H]3C(=CC[C@@H]4C(=O)N(c5ccc(I)cc5)C(=O)[C@@H]43)[C@H](c3ccc(O)c(F)c3)[C@]2(c2ccc(Cl)cc2)C(=O)N1Nc1ncc(C(F)(F)F)cc1Cl. The van der Waals surface area contributed by atoms with Crippen LogP contribution in [0.1, 0.15) is 35.4 Å². The largest absolute Gasteiger partial charge is 0.505 e. The fourth-order valence-electron chi connectivity index (χ4n) is 8.71. The number of imide groups is 2. The number of allylic oxidation sites excluding steroid dienone is 2. The van der Waals surface area contributed by atoms with Gasteiger partial charge in [0.15, 0.2) is 17.4 Å². The number of hydrogen-bond acceptors (Lipinski definition) is 7. The van der Waals surface area contributed by atoms with Gasteiger partial charge in [0.05, 0.1) is 39.4 Å². The molecule has 3 fully saturated rings. The van der Waals surface area contributed by atoms with Crippen molar-refractivity contribution in [2.75, 3.05) is 10.3 Å². The summed E-state index contributed by atoms with van der Waals surface area (Å²) >= 11 is 14.6. The first kappa shape index (κ1) is 36.4. The molecule has 2 aliphatic carbocycles. The van der Waals surface area contributed by atoms with Crippen LogP contribution < -0.4 is 10.3 Å². The Bertz CT molecular complexity index is 2310. The molecule has 2 N–H and O–H groups in total. The number of carbonyl (C=O) groups excluding carboxylic acids is 4. The predicted molar refractivity (Wildman–Crippen MR) is 197 cm³/mol. The minimum atomic E-state index is -4.77. The quantitative estimate of drug-likeness (QED) is 0.0902. The van der Waals surface area contributed by atoms with E-state index in [1.165, 1.54) is 18.2 Å². The van der Waals surface area contributed by atoms with Crippen molar-refractivity contribution in [3.8, 4) is 5.75 Å². The number of fused-ring (bicyclic) bond motifs is 4. The van der Waals surface area contributed by atoms with Crippen LogP contribution in [0.5, 0.6) is 5.75 Å². The highest BCUT2D eigenvalue weighted by Crippen LogP contribution is 2.64. The molecular formula is C38H25Cl2F4IN4O5. The number of phenols is 1. The lowest BCUT2D eigenvalue weighted by molar-refractivity contribution is -0.139. The molecule has 3 aromatic carbocycles. The number of aromatic hydroxyl groups is 1. The van der Waals surface area contributed by atoms with Gasteiger partial charge in [0.2, 0.25) is 11.8 Å². The Morgan fingerprint density at radius 3 is 2.26 bits per heavy atom. The van der Waals surface area contributed by atoms with Crippen LogP contribution in [-0.2, 0) is 30.8 Å². The minimum Gasteiger partial charge on any atom is -0.505 e. The third-order valence-electron chi connectivity index (χ3n) is 10.9. The monoisotopic (exact) mass is 890 g/mol. The maximum Gasteiger partial charge on any atom is 0.417 e. The molecule has 4 aliphatic rings. The molecule has 4 aromatic rings.